The molecule has 2 N–H and O–H groups in total. The lowest BCUT2D eigenvalue weighted by molar-refractivity contribution is -0.137. The Balaban J connectivity index is 1.64. The smallest absolute Gasteiger partial charge is 0.303 e. The number of rotatable bonds is 9. The Hall–Kier alpha value is -1.06. The number of carboxylic acids is 1. The van der Waals surface area contributed by atoms with E-state index in [1.807, 2.05) is 0 Å². The normalized spacial score (nSPS) is 28.5. The molecule has 4 nitrogen and oxygen atoms in total. The predicted molar refractivity (Wildman–Crippen MR) is 81.8 cm³/mol. The van der Waals surface area contributed by atoms with Gasteiger partial charge in [0.2, 0.25) is 5.91 Å². The average Bonchev–Trinajstić information content (AvgIpc) is 3.19. The monoisotopic (exact) mass is 295 g/mol. The topological polar surface area (TPSA) is 66.4 Å². The SMILES string of the molecule is CCCC(CCNC(=O)C1C2CCCCC21)CCC(=O)O. The van der Waals surface area contributed by atoms with E-state index in [1.165, 1.54) is 25.7 Å². The van der Waals surface area contributed by atoms with Gasteiger partial charge in [-0.3, -0.25) is 9.59 Å². The molecule has 120 valence electrons. The Bertz CT molecular complexity index is 357. The maximum atomic E-state index is 12.2. The summed E-state index contributed by atoms with van der Waals surface area (Å²) in [5.74, 6) is 1.57. The molecule has 0 aromatic heterocycles. The number of hydrogen-bond acceptors (Lipinski definition) is 2. The minimum absolute atomic E-state index is 0.241. The van der Waals surface area contributed by atoms with Gasteiger partial charge in [0.05, 0.1) is 0 Å². The first-order chi connectivity index (χ1) is 10.1. The standard InChI is InChI=1S/C17H29NO3/c1-2-5-12(8-9-15(19)20)10-11-18-17(21)16-13-6-3-4-7-14(13)16/h12-14,16H,2-11H2,1H3,(H,18,21)(H,19,20). The van der Waals surface area contributed by atoms with Crippen LogP contribution in [0.1, 0.15) is 64.7 Å². The number of fused-ring (bicyclic) bond motifs is 1. The van der Waals surface area contributed by atoms with E-state index in [-0.39, 0.29) is 18.2 Å². The molecule has 2 aliphatic carbocycles. The van der Waals surface area contributed by atoms with Gasteiger partial charge in [-0.15, -0.1) is 0 Å². The summed E-state index contributed by atoms with van der Waals surface area (Å²) in [5.41, 5.74) is 0. The summed E-state index contributed by atoms with van der Waals surface area (Å²) in [4.78, 5) is 22.8. The molecular formula is C17H29NO3. The molecule has 0 aromatic rings. The van der Waals surface area contributed by atoms with Crippen molar-refractivity contribution in [3.8, 4) is 0 Å². The summed E-state index contributed by atoms with van der Waals surface area (Å²) in [7, 11) is 0. The zero-order valence-electron chi connectivity index (χ0n) is 13.1. The Kier molecular flexibility index (Phi) is 6.07. The molecule has 3 unspecified atom stereocenters. The van der Waals surface area contributed by atoms with Crippen LogP contribution in [-0.4, -0.2) is 23.5 Å². The van der Waals surface area contributed by atoms with Crippen molar-refractivity contribution in [2.45, 2.75) is 64.7 Å². The van der Waals surface area contributed by atoms with Gasteiger partial charge in [-0.25, -0.2) is 0 Å². The molecule has 0 heterocycles. The fourth-order valence-corrected chi connectivity index (χ4v) is 4.07. The van der Waals surface area contributed by atoms with Crippen molar-refractivity contribution in [3.05, 3.63) is 0 Å². The highest BCUT2D eigenvalue weighted by Crippen LogP contribution is 2.55. The van der Waals surface area contributed by atoms with Crippen molar-refractivity contribution < 1.29 is 14.7 Å². The lowest BCUT2D eigenvalue weighted by Gasteiger charge is -2.15. The van der Waals surface area contributed by atoms with Gasteiger partial charge in [-0.2, -0.15) is 0 Å². The Morgan fingerprint density at radius 3 is 2.38 bits per heavy atom. The van der Waals surface area contributed by atoms with E-state index < -0.39 is 5.97 Å². The molecule has 2 aliphatic rings. The van der Waals surface area contributed by atoms with E-state index in [1.54, 1.807) is 0 Å². The minimum atomic E-state index is -0.720. The highest BCUT2D eigenvalue weighted by Gasteiger charge is 2.54. The second-order valence-corrected chi connectivity index (χ2v) is 6.80. The van der Waals surface area contributed by atoms with Gasteiger partial charge >= 0.3 is 5.97 Å². The second-order valence-electron chi connectivity index (χ2n) is 6.80. The van der Waals surface area contributed by atoms with Gasteiger partial charge < -0.3 is 10.4 Å². The van der Waals surface area contributed by atoms with Crippen molar-refractivity contribution in [3.63, 3.8) is 0 Å². The van der Waals surface area contributed by atoms with E-state index >= 15 is 0 Å². The maximum absolute atomic E-state index is 12.2. The largest absolute Gasteiger partial charge is 0.481 e. The van der Waals surface area contributed by atoms with Crippen LogP contribution in [0.25, 0.3) is 0 Å². The average molecular weight is 295 g/mol. The Labute approximate surface area is 127 Å². The first-order valence-corrected chi connectivity index (χ1v) is 8.63. The number of carbonyl (C=O) groups is 2. The molecule has 21 heavy (non-hydrogen) atoms. The van der Waals surface area contributed by atoms with Crippen molar-refractivity contribution >= 4 is 11.9 Å². The molecule has 4 heteroatoms. The number of carbonyl (C=O) groups excluding carboxylic acids is 1. The fraction of sp³-hybridized carbons (Fsp3) is 0.882. The molecule has 0 aromatic carbocycles. The van der Waals surface area contributed by atoms with Crippen LogP contribution in [0.4, 0.5) is 0 Å². The predicted octanol–water partition coefficient (Wildman–Crippen LogP) is 3.21. The van der Waals surface area contributed by atoms with E-state index in [2.05, 4.69) is 12.2 Å². The minimum Gasteiger partial charge on any atom is -0.481 e. The van der Waals surface area contributed by atoms with Crippen LogP contribution in [0.2, 0.25) is 0 Å². The molecule has 0 radical (unpaired) electrons. The van der Waals surface area contributed by atoms with E-state index in [0.29, 0.717) is 24.3 Å². The molecule has 3 atom stereocenters. The van der Waals surface area contributed by atoms with Gasteiger partial charge in [-0.05, 0) is 43.4 Å². The van der Waals surface area contributed by atoms with Crippen molar-refractivity contribution in [1.82, 2.24) is 5.32 Å². The molecule has 1 amide bonds. The van der Waals surface area contributed by atoms with E-state index in [9.17, 15) is 9.59 Å². The third-order valence-electron chi connectivity index (χ3n) is 5.27. The number of aliphatic carboxylic acids is 1. The zero-order chi connectivity index (χ0) is 15.2. The van der Waals surface area contributed by atoms with Gasteiger partial charge in [0, 0.05) is 18.9 Å². The van der Waals surface area contributed by atoms with E-state index in [0.717, 1.165) is 25.7 Å². The van der Waals surface area contributed by atoms with E-state index in [4.69, 9.17) is 5.11 Å². The van der Waals surface area contributed by atoms with Crippen LogP contribution in [0.15, 0.2) is 0 Å². The third-order valence-corrected chi connectivity index (χ3v) is 5.27. The molecule has 2 fully saturated rings. The summed E-state index contributed by atoms with van der Waals surface area (Å²) in [6.45, 7) is 2.83. The van der Waals surface area contributed by atoms with Crippen molar-refractivity contribution in [2.24, 2.45) is 23.7 Å². The summed E-state index contributed by atoms with van der Waals surface area (Å²) < 4.78 is 0. The summed E-state index contributed by atoms with van der Waals surface area (Å²) in [5, 5.41) is 11.9. The molecule has 2 rings (SSSR count). The third kappa shape index (κ3) is 4.72. The number of hydrogen-bond donors (Lipinski definition) is 2. The Morgan fingerprint density at radius 1 is 1.14 bits per heavy atom. The molecule has 2 saturated carbocycles. The maximum Gasteiger partial charge on any atom is 0.303 e. The van der Waals surface area contributed by atoms with Gasteiger partial charge in [0.25, 0.3) is 0 Å². The summed E-state index contributed by atoms with van der Waals surface area (Å²) >= 11 is 0. The zero-order valence-corrected chi connectivity index (χ0v) is 13.1. The quantitative estimate of drug-likeness (QED) is 0.686. The highest BCUT2D eigenvalue weighted by molar-refractivity contribution is 5.82. The number of nitrogens with one attached hydrogen (secondary N) is 1. The van der Waals surface area contributed by atoms with Crippen LogP contribution in [-0.2, 0) is 9.59 Å². The second kappa shape index (κ2) is 7.81. The van der Waals surface area contributed by atoms with Gasteiger partial charge in [0.15, 0.2) is 0 Å². The first-order valence-electron chi connectivity index (χ1n) is 8.63. The molecule has 0 spiro atoms. The number of carboxylic acid groups (broad SMARTS) is 1. The summed E-state index contributed by atoms with van der Waals surface area (Å²) in [6, 6.07) is 0. The molecule has 0 aliphatic heterocycles. The van der Waals surface area contributed by atoms with Crippen LogP contribution < -0.4 is 5.32 Å². The molecule has 0 saturated heterocycles. The van der Waals surface area contributed by atoms with Crippen molar-refractivity contribution in [2.75, 3.05) is 6.54 Å². The van der Waals surface area contributed by atoms with Crippen LogP contribution >= 0.6 is 0 Å². The number of amides is 1. The van der Waals surface area contributed by atoms with Crippen molar-refractivity contribution in [1.29, 1.82) is 0 Å². The van der Waals surface area contributed by atoms with Gasteiger partial charge in [0.1, 0.15) is 0 Å². The van der Waals surface area contributed by atoms with Crippen LogP contribution in [0, 0.1) is 23.7 Å². The molecular weight excluding hydrogens is 266 g/mol. The lowest BCUT2D eigenvalue weighted by atomic mass is 9.94. The van der Waals surface area contributed by atoms with Gasteiger partial charge in [-0.1, -0.05) is 32.6 Å². The van der Waals surface area contributed by atoms with Crippen LogP contribution in [0.3, 0.4) is 0 Å². The lowest BCUT2D eigenvalue weighted by Crippen LogP contribution is -2.28. The fourth-order valence-electron chi connectivity index (χ4n) is 4.07. The molecule has 0 bridgehead atoms. The Morgan fingerprint density at radius 2 is 1.81 bits per heavy atom. The summed E-state index contributed by atoms with van der Waals surface area (Å²) in [6.07, 6.45) is 9.06. The highest BCUT2D eigenvalue weighted by atomic mass is 16.4. The van der Waals surface area contributed by atoms with Crippen LogP contribution in [0.5, 0.6) is 0 Å². The first kappa shape index (κ1) is 16.3.